The number of hydrogen-bond donors (Lipinski definition) is 4. The second kappa shape index (κ2) is 12.1. The van der Waals surface area contributed by atoms with Gasteiger partial charge in [-0.15, -0.1) is 24.0 Å². The quantitative estimate of drug-likeness (QED) is 0.174. The summed E-state index contributed by atoms with van der Waals surface area (Å²) < 4.78 is 26.6. The highest BCUT2D eigenvalue weighted by molar-refractivity contribution is 14.0. The van der Waals surface area contributed by atoms with Crippen LogP contribution in [0.5, 0.6) is 0 Å². The monoisotopic (exact) mass is 512 g/mol. The number of nitrogens with zero attached hydrogens (tertiary/aromatic N) is 2. The summed E-state index contributed by atoms with van der Waals surface area (Å²) in [4.78, 5) is 19.9. The molecule has 1 heterocycles. The Morgan fingerprint density at radius 2 is 1.93 bits per heavy atom. The Morgan fingerprint density at radius 3 is 2.48 bits per heavy atom. The van der Waals surface area contributed by atoms with Crippen LogP contribution >= 0.6 is 24.0 Å². The molecule has 11 heteroatoms. The van der Waals surface area contributed by atoms with Crippen LogP contribution < -0.4 is 20.7 Å². The van der Waals surface area contributed by atoms with Gasteiger partial charge in [0.25, 0.3) is 0 Å². The van der Waals surface area contributed by atoms with Gasteiger partial charge in [0.1, 0.15) is 11.4 Å². The Labute approximate surface area is 178 Å². The maximum absolute atomic E-state index is 12.1. The van der Waals surface area contributed by atoms with Gasteiger partial charge in [-0.1, -0.05) is 0 Å². The summed E-state index contributed by atoms with van der Waals surface area (Å²) >= 11 is 0. The minimum atomic E-state index is -3.59. The zero-order valence-corrected chi connectivity index (χ0v) is 19.2. The molecule has 9 nitrogen and oxygen atoms in total. The second-order valence-electron chi connectivity index (χ2n) is 6.51. The van der Waals surface area contributed by atoms with E-state index >= 15 is 0 Å². The molecule has 0 fully saturated rings. The maximum Gasteiger partial charge on any atom is 0.242 e. The SMILES string of the molecule is CCNC(=NCC(=O)NC(C)(C)C)NCCNS(=O)(=O)c1cccnc1.I. The zero-order chi connectivity index (χ0) is 19.6. The third-order valence-electron chi connectivity index (χ3n) is 2.89. The molecule has 0 radical (unpaired) electrons. The van der Waals surface area contributed by atoms with Gasteiger partial charge in [-0.2, -0.15) is 0 Å². The molecule has 1 rings (SSSR count). The van der Waals surface area contributed by atoms with Gasteiger partial charge < -0.3 is 16.0 Å². The lowest BCUT2D eigenvalue weighted by molar-refractivity contribution is -0.121. The molecule has 0 aliphatic carbocycles. The summed E-state index contributed by atoms with van der Waals surface area (Å²) in [6.45, 7) is 8.66. The highest BCUT2D eigenvalue weighted by Gasteiger charge is 2.14. The molecule has 1 amide bonds. The molecule has 1 aromatic heterocycles. The number of nitrogens with one attached hydrogen (secondary N) is 4. The molecule has 4 N–H and O–H groups in total. The van der Waals surface area contributed by atoms with Crippen molar-refractivity contribution in [2.24, 2.45) is 4.99 Å². The normalized spacial score (nSPS) is 12.1. The molecule has 1 aromatic rings. The van der Waals surface area contributed by atoms with Gasteiger partial charge >= 0.3 is 0 Å². The first kappa shape index (κ1) is 25.5. The average Bonchev–Trinajstić information content (AvgIpc) is 2.55. The van der Waals surface area contributed by atoms with Crippen molar-refractivity contribution < 1.29 is 13.2 Å². The third kappa shape index (κ3) is 11.1. The van der Waals surface area contributed by atoms with E-state index in [2.05, 4.69) is 30.6 Å². The van der Waals surface area contributed by atoms with E-state index in [9.17, 15) is 13.2 Å². The molecule has 0 atom stereocenters. The topological polar surface area (TPSA) is 125 Å². The van der Waals surface area contributed by atoms with Crippen LogP contribution in [0.2, 0.25) is 0 Å². The van der Waals surface area contributed by atoms with Gasteiger partial charge in [0.15, 0.2) is 5.96 Å². The Bertz CT molecular complexity index is 705. The highest BCUT2D eigenvalue weighted by atomic mass is 127. The van der Waals surface area contributed by atoms with E-state index < -0.39 is 10.0 Å². The van der Waals surface area contributed by atoms with E-state index in [1.54, 1.807) is 6.07 Å². The van der Waals surface area contributed by atoms with E-state index in [1.165, 1.54) is 18.5 Å². The number of pyridine rings is 1. The van der Waals surface area contributed by atoms with Crippen molar-refractivity contribution >= 4 is 45.9 Å². The molecule has 0 spiro atoms. The Kier molecular flexibility index (Phi) is 11.4. The minimum absolute atomic E-state index is 0. The van der Waals surface area contributed by atoms with Crippen molar-refractivity contribution in [2.45, 2.75) is 38.1 Å². The van der Waals surface area contributed by atoms with Crippen LogP contribution in [0.4, 0.5) is 0 Å². The molecule has 0 bridgehead atoms. The van der Waals surface area contributed by atoms with Gasteiger partial charge in [0.2, 0.25) is 15.9 Å². The number of aromatic nitrogens is 1. The number of guanidine groups is 1. The average molecular weight is 512 g/mol. The summed E-state index contributed by atoms with van der Waals surface area (Å²) in [5, 5.41) is 8.80. The van der Waals surface area contributed by atoms with Crippen molar-refractivity contribution in [3.8, 4) is 0 Å². The van der Waals surface area contributed by atoms with E-state index in [-0.39, 0.29) is 53.4 Å². The first-order valence-corrected chi connectivity index (χ1v) is 9.85. The van der Waals surface area contributed by atoms with Gasteiger partial charge in [-0.05, 0) is 39.8 Å². The molecular formula is C16H29IN6O3S. The third-order valence-corrected chi connectivity index (χ3v) is 4.34. The largest absolute Gasteiger partial charge is 0.357 e. The number of carbonyl (C=O) groups excluding carboxylic acids is 1. The van der Waals surface area contributed by atoms with Crippen LogP contribution in [0.3, 0.4) is 0 Å². The van der Waals surface area contributed by atoms with Crippen LogP contribution in [0.25, 0.3) is 0 Å². The number of aliphatic imine (C=N–C) groups is 1. The number of hydrogen-bond acceptors (Lipinski definition) is 5. The summed E-state index contributed by atoms with van der Waals surface area (Å²) in [6, 6.07) is 3.04. The van der Waals surface area contributed by atoms with Crippen molar-refractivity contribution in [3.05, 3.63) is 24.5 Å². The number of amides is 1. The van der Waals surface area contributed by atoms with Gasteiger partial charge in [0, 0.05) is 37.6 Å². The number of halogens is 1. The van der Waals surface area contributed by atoms with Gasteiger partial charge in [-0.25, -0.2) is 18.1 Å². The van der Waals surface area contributed by atoms with Crippen molar-refractivity contribution in [2.75, 3.05) is 26.2 Å². The highest BCUT2D eigenvalue weighted by Crippen LogP contribution is 2.04. The van der Waals surface area contributed by atoms with Crippen molar-refractivity contribution in [3.63, 3.8) is 0 Å². The molecule has 0 saturated carbocycles. The summed E-state index contributed by atoms with van der Waals surface area (Å²) in [5.74, 6) is 0.254. The van der Waals surface area contributed by atoms with Crippen LogP contribution in [0.1, 0.15) is 27.7 Å². The van der Waals surface area contributed by atoms with Crippen LogP contribution in [-0.2, 0) is 14.8 Å². The first-order chi connectivity index (χ1) is 12.1. The molecule has 0 aliphatic rings. The van der Waals surface area contributed by atoms with E-state index in [0.29, 0.717) is 19.0 Å². The zero-order valence-electron chi connectivity index (χ0n) is 16.1. The Hall–Kier alpha value is -1.47. The molecular weight excluding hydrogens is 483 g/mol. The Morgan fingerprint density at radius 1 is 1.22 bits per heavy atom. The van der Waals surface area contributed by atoms with Crippen LogP contribution in [0, 0.1) is 0 Å². The molecule has 0 aromatic carbocycles. The number of carbonyl (C=O) groups is 1. The van der Waals surface area contributed by atoms with Gasteiger partial charge in [-0.3, -0.25) is 9.78 Å². The lowest BCUT2D eigenvalue weighted by Gasteiger charge is -2.20. The Balaban J connectivity index is 0.00000676. The lowest BCUT2D eigenvalue weighted by Crippen LogP contribution is -2.44. The smallest absolute Gasteiger partial charge is 0.242 e. The fourth-order valence-corrected chi connectivity index (χ4v) is 2.90. The predicted molar refractivity (Wildman–Crippen MR) is 117 cm³/mol. The fraction of sp³-hybridized carbons (Fsp3) is 0.562. The molecule has 27 heavy (non-hydrogen) atoms. The minimum Gasteiger partial charge on any atom is -0.357 e. The standard InChI is InChI=1S/C16H28N6O3S.HI/c1-5-18-15(20-12-14(23)22-16(2,3)4)19-9-10-21-26(24,25)13-7-6-8-17-11-13;/h6-8,11,21H,5,9-10,12H2,1-4H3,(H,22,23)(H2,18,19,20);1H. The second-order valence-corrected chi connectivity index (χ2v) is 8.27. The van der Waals surface area contributed by atoms with E-state index in [1.807, 2.05) is 27.7 Å². The van der Waals surface area contributed by atoms with E-state index in [0.717, 1.165) is 0 Å². The molecule has 0 saturated heterocycles. The molecule has 0 aliphatic heterocycles. The maximum atomic E-state index is 12.1. The summed E-state index contributed by atoms with van der Waals surface area (Å²) in [7, 11) is -3.59. The van der Waals surface area contributed by atoms with Crippen LogP contribution in [-0.4, -0.2) is 57.0 Å². The fourth-order valence-electron chi connectivity index (χ4n) is 1.91. The van der Waals surface area contributed by atoms with Crippen molar-refractivity contribution in [1.29, 1.82) is 0 Å². The molecule has 0 unspecified atom stereocenters. The van der Waals surface area contributed by atoms with E-state index in [4.69, 9.17) is 0 Å². The molecule has 154 valence electrons. The summed E-state index contributed by atoms with van der Waals surface area (Å²) in [5.41, 5.74) is -0.317. The summed E-state index contributed by atoms with van der Waals surface area (Å²) in [6.07, 6.45) is 2.80. The van der Waals surface area contributed by atoms with Gasteiger partial charge in [0.05, 0.1) is 0 Å². The van der Waals surface area contributed by atoms with Crippen molar-refractivity contribution in [1.82, 2.24) is 25.7 Å². The number of rotatable bonds is 8. The first-order valence-electron chi connectivity index (χ1n) is 8.37. The van der Waals surface area contributed by atoms with Crippen LogP contribution in [0.15, 0.2) is 34.4 Å². The lowest BCUT2D eigenvalue weighted by atomic mass is 10.1. The number of sulfonamides is 1. The predicted octanol–water partition coefficient (Wildman–Crippen LogP) is 0.448.